The third-order valence-corrected chi connectivity index (χ3v) is 9.38. The number of hydrogen-bond donors (Lipinski definition) is 3. The number of carbonyl (C=O) groups is 4. The van der Waals surface area contributed by atoms with Gasteiger partial charge in [-0.25, -0.2) is 8.78 Å². The van der Waals surface area contributed by atoms with Crippen molar-refractivity contribution in [2.45, 2.75) is 82.3 Å². The number of ether oxygens (including phenoxy) is 1. The number of hydrogen-bond acceptors (Lipinski definition) is 7. The summed E-state index contributed by atoms with van der Waals surface area (Å²) in [7, 11) is 0. The van der Waals surface area contributed by atoms with Gasteiger partial charge in [-0.15, -0.1) is 0 Å². The summed E-state index contributed by atoms with van der Waals surface area (Å²) in [6.07, 6.45) is -0.489. The zero-order valence-corrected chi connectivity index (χ0v) is 20.3. The van der Waals surface area contributed by atoms with E-state index >= 15 is 8.78 Å². The Hall–Kier alpha value is -2.46. The number of ketones is 2. The molecule has 0 heterocycles. The molecule has 0 aliphatic heterocycles. The molecule has 4 rings (SSSR count). The maximum atomic E-state index is 17.0. The van der Waals surface area contributed by atoms with Crippen molar-refractivity contribution in [3.8, 4) is 0 Å². The summed E-state index contributed by atoms with van der Waals surface area (Å²) in [6, 6.07) is 0. The second-order valence-electron chi connectivity index (χ2n) is 11.1. The summed E-state index contributed by atoms with van der Waals surface area (Å²) in [6.45, 7) is 2.32. The smallest absolute Gasteiger partial charge is 0.306 e. The Bertz CT molecular complexity index is 1050. The molecule has 0 amide bonds. The van der Waals surface area contributed by atoms with Gasteiger partial charge in [-0.2, -0.15) is 0 Å². The zero-order valence-electron chi connectivity index (χ0n) is 20.3. The number of carboxylic acid groups (broad SMARTS) is 1. The van der Waals surface area contributed by atoms with Gasteiger partial charge in [0.2, 0.25) is 5.78 Å². The van der Waals surface area contributed by atoms with Crippen molar-refractivity contribution in [2.24, 2.45) is 22.7 Å². The van der Waals surface area contributed by atoms with Crippen LogP contribution in [0.2, 0.25) is 0 Å². The number of carbonyl (C=O) groups excluding carboxylic acids is 3. The lowest BCUT2D eigenvalue weighted by molar-refractivity contribution is -0.222. The van der Waals surface area contributed by atoms with E-state index in [0.717, 1.165) is 6.08 Å². The largest absolute Gasteiger partial charge is 0.481 e. The van der Waals surface area contributed by atoms with Gasteiger partial charge in [0.25, 0.3) is 0 Å². The van der Waals surface area contributed by atoms with E-state index in [-0.39, 0.29) is 50.5 Å². The van der Waals surface area contributed by atoms with E-state index in [1.54, 1.807) is 6.92 Å². The van der Waals surface area contributed by atoms with Gasteiger partial charge in [0.15, 0.2) is 18.1 Å². The standard InChI is InChI=1S/C26H32F2O8/c1-23-8-6-14(29)10-17(23)18(27)11-16-15-7-9-25(35,24(15,2)12-19(30)26(16,23)28)20(31)13-36-22(34)5-3-4-21(32)33/h6,8,10,15-16,18-19,30,35H,3-5,7,9,11-13H2,1-2H3,(H,32,33)/t15?,16?,18-,19-,23-,24-,25-,26-/m0/s1. The number of fused-ring (bicyclic) bond motifs is 5. The van der Waals surface area contributed by atoms with Gasteiger partial charge in [0.1, 0.15) is 11.8 Å². The van der Waals surface area contributed by atoms with Crippen molar-refractivity contribution in [1.82, 2.24) is 0 Å². The predicted octanol–water partition coefficient (Wildman–Crippen LogP) is 2.40. The third-order valence-electron chi connectivity index (χ3n) is 9.38. The molecule has 8 atom stereocenters. The molecule has 2 unspecified atom stereocenters. The lowest BCUT2D eigenvalue weighted by Crippen LogP contribution is -2.70. The third kappa shape index (κ3) is 3.67. The normalized spacial score (nSPS) is 43.2. The van der Waals surface area contributed by atoms with E-state index in [9.17, 15) is 29.4 Å². The minimum Gasteiger partial charge on any atom is -0.481 e. The second-order valence-corrected chi connectivity index (χ2v) is 11.1. The molecule has 8 nitrogen and oxygen atoms in total. The lowest BCUT2D eigenvalue weighted by atomic mass is 9.44. The topological polar surface area (TPSA) is 138 Å². The second kappa shape index (κ2) is 8.83. The lowest BCUT2D eigenvalue weighted by Gasteiger charge is -2.63. The highest BCUT2D eigenvalue weighted by atomic mass is 19.1. The molecule has 0 aromatic carbocycles. The molecule has 3 fully saturated rings. The highest BCUT2D eigenvalue weighted by Crippen LogP contribution is 2.70. The van der Waals surface area contributed by atoms with Crippen molar-refractivity contribution in [1.29, 1.82) is 0 Å². The van der Waals surface area contributed by atoms with Crippen LogP contribution in [0.1, 0.15) is 58.8 Å². The number of Topliss-reactive ketones (excluding diaryl/α,β-unsaturated/α-hetero) is 1. The number of alkyl halides is 2. The fraction of sp³-hybridized carbons (Fsp3) is 0.692. The minimum atomic E-state index is -2.31. The summed E-state index contributed by atoms with van der Waals surface area (Å²) in [5.74, 6) is -4.75. The molecule has 0 spiro atoms. The van der Waals surface area contributed by atoms with Crippen molar-refractivity contribution in [3.63, 3.8) is 0 Å². The molecule has 0 saturated heterocycles. The fourth-order valence-electron chi connectivity index (χ4n) is 7.39. The van der Waals surface area contributed by atoms with Gasteiger partial charge in [-0.05, 0) is 62.7 Å². The summed E-state index contributed by atoms with van der Waals surface area (Å²) >= 11 is 0. The van der Waals surface area contributed by atoms with Crippen molar-refractivity contribution < 1.29 is 48.0 Å². The first-order chi connectivity index (χ1) is 16.7. The average molecular weight is 511 g/mol. The van der Waals surface area contributed by atoms with Crippen molar-refractivity contribution >= 4 is 23.5 Å². The molecule has 0 aromatic heterocycles. The molecular weight excluding hydrogens is 478 g/mol. The Labute approximate surface area is 207 Å². The highest BCUT2D eigenvalue weighted by molar-refractivity contribution is 6.01. The Morgan fingerprint density at radius 2 is 1.89 bits per heavy atom. The predicted molar refractivity (Wildman–Crippen MR) is 121 cm³/mol. The van der Waals surface area contributed by atoms with Gasteiger partial charge in [-0.3, -0.25) is 19.2 Å². The SMILES string of the molecule is C[C@]12C=CC(=O)C=C1[C@@H](F)CC1C3CC[C@](O)(C(=O)COC(=O)CCCC(=O)O)[C@@]3(C)C[C@H](O)[C@@]12F. The van der Waals surface area contributed by atoms with Crippen LogP contribution >= 0.6 is 0 Å². The number of esters is 1. The van der Waals surface area contributed by atoms with E-state index in [1.165, 1.54) is 19.1 Å². The molecule has 3 N–H and O–H groups in total. The van der Waals surface area contributed by atoms with E-state index in [1.807, 2.05) is 0 Å². The molecular formula is C26H32F2O8. The monoisotopic (exact) mass is 510 g/mol. The first kappa shape index (κ1) is 26.6. The van der Waals surface area contributed by atoms with Crippen LogP contribution in [-0.2, 0) is 23.9 Å². The average Bonchev–Trinajstić information content (AvgIpc) is 3.06. The van der Waals surface area contributed by atoms with E-state index in [0.29, 0.717) is 0 Å². The number of aliphatic carboxylic acids is 1. The number of aliphatic hydroxyl groups excluding tert-OH is 1. The molecule has 36 heavy (non-hydrogen) atoms. The van der Waals surface area contributed by atoms with Crippen LogP contribution in [0.3, 0.4) is 0 Å². The molecule has 3 saturated carbocycles. The van der Waals surface area contributed by atoms with E-state index < -0.39 is 76.3 Å². The Morgan fingerprint density at radius 1 is 1.19 bits per heavy atom. The summed E-state index contributed by atoms with van der Waals surface area (Å²) in [4.78, 5) is 47.5. The van der Waals surface area contributed by atoms with Crippen LogP contribution in [0, 0.1) is 22.7 Å². The van der Waals surface area contributed by atoms with Crippen molar-refractivity contribution in [2.75, 3.05) is 6.61 Å². The van der Waals surface area contributed by atoms with Gasteiger partial charge in [-0.1, -0.05) is 13.0 Å². The molecule has 0 aromatic rings. The van der Waals surface area contributed by atoms with Crippen LogP contribution in [0.15, 0.2) is 23.8 Å². The van der Waals surface area contributed by atoms with Gasteiger partial charge in [0, 0.05) is 29.6 Å². The number of allylic oxidation sites excluding steroid dienone is 4. The van der Waals surface area contributed by atoms with Crippen LogP contribution in [-0.4, -0.2) is 69.0 Å². The highest BCUT2D eigenvalue weighted by Gasteiger charge is 2.75. The number of carboxylic acids is 1. The summed E-state index contributed by atoms with van der Waals surface area (Å²) in [5.41, 5.74) is -7.20. The van der Waals surface area contributed by atoms with Crippen LogP contribution < -0.4 is 0 Å². The maximum absolute atomic E-state index is 17.0. The molecule has 10 heteroatoms. The number of rotatable bonds is 7. The van der Waals surface area contributed by atoms with E-state index in [2.05, 4.69) is 0 Å². The minimum absolute atomic E-state index is 0.00412. The van der Waals surface area contributed by atoms with E-state index in [4.69, 9.17) is 9.84 Å². The van der Waals surface area contributed by atoms with Crippen LogP contribution in [0.5, 0.6) is 0 Å². The quantitative estimate of drug-likeness (QED) is 0.444. The molecule has 4 aliphatic carbocycles. The summed E-state index contributed by atoms with van der Waals surface area (Å²) in [5, 5.41) is 31.4. The first-order valence-corrected chi connectivity index (χ1v) is 12.3. The zero-order chi connectivity index (χ0) is 26.7. The molecule has 0 bridgehead atoms. The fourth-order valence-corrected chi connectivity index (χ4v) is 7.39. The van der Waals surface area contributed by atoms with Crippen LogP contribution in [0.25, 0.3) is 0 Å². The number of aliphatic hydroxyl groups is 2. The maximum Gasteiger partial charge on any atom is 0.306 e. The Balaban J connectivity index is 1.57. The Kier molecular flexibility index (Phi) is 6.53. The number of halogens is 2. The van der Waals surface area contributed by atoms with Crippen molar-refractivity contribution in [3.05, 3.63) is 23.8 Å². The Morgan fingerprint density at radius 3 is 2.56 bits per heavy atom. The first-order valence-electron chi connectivity index (χ1n) is 12.3. The summed E-state index contributed by atoms with van der Waals surface area (Å²) < 4.78 is 37.4. The van der Waals surface area contributed by atoms with Gasteiger partial charge >= 0.3 is 11.9 Å². The molecule has 198 valence electrons. The van der Waals surface area contributed by atoms with Gasteiger partial charge in [0.05, 0.1) is 6.10 Å². The van der Waals surface area contributed by atoms with Crippen LogP contribution in [0.4, 0.5) is 8.78 Å². The molecule has 4 aliphatic rings. The van der Waals surface area contributed by atoms with Gasteiger partial charge < -0.3 is 20.1 Å². The molecule has 0 radical (unpaired) electrons.